The van der Waals surface area contributed by atoms with Crippen LogP contribution in [0.1, 0.15) is 45.1 Å². The third-order valence-electron chi connectivity index (χ3n) is 2.85. The summed E-state index contributed by atoms with van der Waals surface area (Å²) in [7, 11) is 0. The van der Waals surface area contributed by atoms with E-state index in [1.54, 1.807) is 0 Å². The Bertz CT molecular complexity index is 337. The van der Waals surface area contributed by atoms with Crippen LogP contribution in [0.5, 0.6) is 0 Å². The molecule has 0 spiro atoms. The Hall–Kier alpha value is -0.450. The molecule has 0 heterocycles. The zero-order valence-corrected chi connectivity index (χ0v) is 13.9. The Morgan fingerprint density at radius 2 is 1.61 bits per heavy atom. The summed E-state index contributed by atoms with van der Waals surface area (Å²) in [5, 5.41) is 12.2. The number of unbranched alkanes of at least 4 members (excludes halogenated alkanes) is 2. The van der Waals surface area contributed by atoms with Gasteiger partial charge in [0.1, 0.15) is 0 Å². The molecule has 0 unspecified atom stereocenters. The van der Waals surface area contributed by atoms with Crippen LogP contribution in [0.3, 0.4) is 0 Å². The van der Waals surface area contributed by atoms with Crippen molar-refractivity contribution in [3.8, 4) is 0 Å². The minimum absolute atomic E-state index is 0.263. The molecular weight excluding hydrogens is 336 g/mol. The summed E-state index contributed by atoms with van der Waals surface area (Å²) in [6.45, 7) is 4.46. The van der Waals surface area contributed by atoms with E-state index in [-0.39, 0.29) is 5.76 Å². The summed E-state index contributed by atoms with van der Waals surface area (Å²) in [5.74, 6) is 0.263. The second-order valence-electron chi connectivity index (χ2n) is 4.50. The van der Waals surface area contributed by atoms with E-state index in [9.17, 15) is 5.11 Å². The summed E-state index contributed by atoms with van der Waals surface area (Å²) >= 11 is -1.29. The summed E-state index contributed by atoms with van der Waals surface area (Å²) in [5.41, 5.74) is 0.858. The normalized spacial score (nSPS) is 12.1. The third-order valence-corrected chi connectivity index (χ3v) is 9.06. The molecule has 0 atom stereocenters. The standard InChI is InChI=1S/C16H24OTe/c1-3-5-12-18(13-6-4-2)14-16(17)15-10-8-7-9-11-15/h7-11,14H,3-6,12-13H2,1-2H3/b16-14-. The van der Waals surface area contributed by atoms with Crippen molar-refractivity contribution in [3.05, 3.63) is 40.0 Å². The number of benzene rings is 1. The molecule has 2 heteroatoms. The third kappa shape index (κ3) is 5.94. The van der Waals surface area contributed by atoms with Crippen LogP contribution in [0.15, 0.2) is 34.5 Å². The summed E-state index contributed by atoms with van der Waals surface area (Å²) in [6.07, 6.45) is 5.08. The molecule has 1 aromatic rings. The number of hydrogen-bond donors (Lipinski definition) is 0. The first-order chi connectivity index (χ1) is 8.77. The van der Waals surface area contributed by atoms with Gasteiger partial charge in [-0.25, -0.2) is 0 Å². The first-order valence-electron chi connectivity index (χ1n) is 6.88. The van der Waals surface area contributed by atoms with Crippen molar-refractivity contribution in [1.82, 2.24) is 0 Å². The molecule has 0 fully saturated rings. The second-order valence-corrected chi connectivity index (χ2v) is 10.6. The number of hydrogen-bond acceptors (Lipinski definition) is 1. The van der Waals surface area contributed by atoms with Crippen molar-refractivity contribution < 1.29 is 5.11 Å². The van der Waals surface area contributed by atoms with E-state index in [0.717, 1.165) is 5.56 Å². The average Bonchev–Trinajstić information content (AvgIpc) is 2.42. The van der Waals surface area contributed by atoms with Gasteiger partial charge in [-0.2, -0.15) is 0 Å². The van der Waals surface area contributed by atoms with Gasteiger partial charge in [0.2, 0.25) is 0 Å². The Morgan fingerprint density at radius 3 is 2.11 bits per heavy atom. The van der Waals surface area contributed by atoms with E-state index >= 15 is 0 Å². The van der Waals surface area contributed by atoms with Gasteiger partial charge in [0.15, 0.2) is 0 Å². The van der Waals surface area contributed by atoms with Gasteiger partial charge in [0.25, 0.3) is 0 Å². The molecule has 1 aromatic carbocycles. The number of rotatable bonds is 8. The van der Waals surface area contributed by atoms with Crippen LogP contribution >= 0.6 is 0 Å². The zero-order valence-electron chi connectivity index (χ0n) is 11.5. The van der Waals surface area contributed by atoms with Crippen molar-refractivity contribution >= 4 is 25.3 Å². The minimum atomic E-state index is -1.29. The molecule has 0 aromatic heterocycles. The van der Waals surface area contributed by atoms with Crippen LogP contribution in [-0.4, -0.2) is 19.6 Å². The average molecular weight is 360 g/mol. The van der Waals surface area contributed by atoms with Gasteiger partial charge >= 0.3 is 119 Å². The summed E-state index contributed by atoms with van der Waals surface area (Å²) in [4.78, 5) is 0. The van der Waals surface area contributed by atoms with Gasteiger partial charge in [-0.1, -0.05) is 0 Å². The predicted molar refractivity (Wildman–Crippen MR) is 79.6 cm³/mol. The van der Waals surface area contributed by atoms with Gasteiger partial charge in [0, 0.05) is 0 Å². The Morgan fingerprint density at radius 1 is 1.06 bits per heavy atom. The van der Waals surface area contributed by atoms with Crippen LogP contribution in [0.4, 0.5) is 0 Å². The van der Waals surface area contributed by atoms with E-state index in [1.807, 2.05) is 30.3 Å². The second kappa shape index (κ2) is 9.48. The molecule has 100 valence electrons. The summed E-state index contributed by atoms with van der Waals surface area (Å²) in [6, 6.07) is 9.70. The Labute approximate surface area is 119 Å². The molecule has 0 radical (unpaired) electrons. The molecule has 0 aliphatic rings. The first kappa shape index (κ1) is 15.6. The first-order valence-corrected chi connectivity index (χ1v) is 11.5. The monoisotopic (exact) mass is 362 g/mol. The molecule has 1 rings (SSSR count). The molecule has 0 saturated heterocycles. The topological polar surface area (TPSA) is 23.1 Å². The van der Waals surface area contributed by atoms with E-state index in [0.29, 0.717) is 0 Å². The van der Waals surface area contributed by atoms with Crippen molar-refractivity contribution in [3.63, 3.8) is 0 Å². The van der Waals surface area contributed by atoms with Crippen molar-refractivity contribution in [2.45, 2.75) is 48.5 Å². The van der Waals surface area contributed by atoms with Gasteiger partial charge in [-0.3, -0.25) is 0 Å². The molecule has 18 heavy (non-hydrogen) atoms. The molecular formula is C16H24OTe. The van der Waals surface area contributed by atoms with Crippen LogP contribution < -0.4 is 5.11 Å². The van der Waals surface area contributed by atoms with Crippen LogP contribution in [0, 0.1) is 0 Å². The van der Waals surface area contributed by atoms with E-state index in [1.165, 1.54) is 34.6 Å². The summed E-state index contributed by atoms with van der Waals surface area (Å²) < 4.78 is 4.75. The molecule has 0 bridgehead atoms. The fraction of sp³-hybridized carbons (Fsp3) is 0.500. The predicted octanol–water partition coefficient (Wildman–Crippen LogP) is 4.02. The van der Waals surface area contributed by atoms with Gasteiger partial charge < -0.3 is 0 Å². The fourth-order valence-corrected chi connectivity index (χ4v) is 7.97. The van der Waals surface area contributed by atoms with Crippen LogP contribution in [-0.2, 0) is 0 Å². The maximum absolute atomic E-state index is 12.2. The SMILES string of the molecule is CCCC[Te+](/C=C(\[O-])c1ccccc1)CCCC. The molecule has 0 aliphatic heterocycles. The molecule has 0 aliphatic carbocycles. The maximum atomic E-state index is 12.2. The van der Waals surface area contributed by atoms with Crippen LogP contribution in [0.2, 0.25) is 8.94 Å². The van der Waals surface area contributed by atoms with E-state index < -0.39 is 19.6 Å². The van der Waals surface area contributed by atoms with E-state index in [4.69, 9.17) is 0 Å². The van der Waals surface area contributed by atoms with E-state index in [2.05, 4.69) is 18.0 Å². The molecule has 1 nitrogen and oxygen atoms in total. The Balaban J connectivity index is 2.66. The molecule has 0 amide bonds. The van der Waals surface area contributed by atoms with Crippen LogP contribution in [0.25, 0.3) is 5.76 Å². The van der Waals surface area contributed by atoms with Gasteiger partial charge in [-0.15, -0.1) is 0 Å². The van der Waals surface area contributed by atoms with Gasteiger partial charge in [0.05, 0.1) is 0 Å². The molecule has 0 saturated carbocycles. The van der Waals surface area contributed by atoms with Crippen molar-refractivity contribution in [2.75, 3.05) is 0 Å². The zero-order chi connectivity index (χ0) is 13.2. The van der Waals surface area contributed by atoms with Crippen molar-refractivity contribution in [2.24, 2.45) is 0 Å². The quantitative estimate of drug-likeness (QED) is 0.507. The van der Waals surface area contributed by atoms with Crippen molar-refractivity contribution in [1.29, 1.82) is 0 Å². The van der Waals surface area contributed by atoms with Gasteiger partial charge in [-0.05, 0) is 0 Å². The Kier molecular flexibility index (Phi) is 8.22. The molecule has 0 N–H and O–H groups in total. The fourth-order valence-electron chi connectivity index (χ4n) is 1.70.